The van der Waals surface area contributed by atoms with Gasteiger partial charge >= 0.3 is 0 Å². The molecule has 1 aromatic heterocycles. The Morgan fingerprint density at radius 3 is 2.76 bits per heavy atom. The van der Waals surface area contributed by atoms with Crippen molar-refractivity contribution in [3.63, 3.8) is 0 Å². The summed E-state index contributed by atoms with van der Waals surface area (Å²) in [5, 5.41) is 13.3. The van der Waals surface area contributed by atoms with Crippen LogP contribution in [0.1, 0.15) is 18.7 Å². The summed E-state index contributed by atoms with van der Waals surface area (Å²) >= 11 is 3.95. The molecule has 0 spiro atoms. The van der Waals surface area contributed by atoms with Crippen molar-refractivity contribution in [1.82, 2.24) is 20.1 Å². The van der Waals surface area contributed by atoms with Gasteiger partial charge in [-0.05, 0) is 31.4 Å². The molecule has 2 rings (SSSR count). The Kier molecular flexibility index (Phi) is 6.69. The zero-order valence-electron chi connectivity index (χ0n) is 10.2. The highest BCUT2D eigenvalue weighted by Gasteiger charge is 2.18. The third-order valence-corrected chi connectivity index (χ3v) is 5.12. The molecule has 0 amide bonds. The van der Waals surface area contributed by atoms with Crippen LogP contribution in [0.25, 0.3) is 0 Å². The minimum atomic E-state index is 0. The fourth-order valence-electron chi connectivity index (χ4n) is 1.70. The average molecular weight is 295 g/mol. The van der Waals surface area contributed by atoms with Crippen LogP contribution < -0.4 is 5.32 Å². The lowest BCUT2D eigenvalue weighted by atomic mass is 10.2. The second-order valence-electron chi connectivity index (χ2n) is 3.92. The summed E-state index contributed by atoms with van der Waals surface area (Å²) in [7, 11) is 3.98. The summed E-state index contributed by atoms with van der Waals surface area (Å²) in [6.07, 6.45) is 2.59. The van der Waals surface area contributed by atoms with Gasteiger partial charge in [0.2, 0.25) is 0 Å². The van der Waals surface area contributed by atoms with E-state index in [9.17, 15) is 0 Å². The molecular weight excluding hydrogens is 276 g/mol. The quantitative estimate of drug-likeness (QED) is 0.919. The number of nitrogens with one attached hydrogen (secondary N) is 1. The summed E-state index contributed by atoms with van der Waals surface area (Å²) in [6.45, 7) is 0.782. The van der Waals surface area contributed by atoms with Gasteiger partial charge in [-0.3, -0.25) is 0 Å². The van der Waals surface area contributed by atoms with E-state index in [1.165, 1.54) is 24.3 Å². The Morgan fingerprint density at radius 1 is 1.41 bits per heavy atom. The van der Waals surface area contributed by atoms with Crippen molar-refractivity contribution in [2.24, 2.45) is 7.05 Å². The predicted molar refractivity (Wildman–Crippen MR) is 77.2 cm³/mol. The molecule has 0 bridgehead atoms. The van der Waals surface area contributed by atoms with Gasteiger partial charge in [0.1, 0.15) is 5.82 Å². The molecule has 0 unspecified atom stereocenters. The van der Waals surface area contributed by atoms with Crippen LogP contribution in [-0.4, -0.2) is 38.6 Å². The first-order valence-corrected chi connectivity index (χ1v) is 7.62. The minimum absolute atomic E-state index is 0. The van der Waals surface area contributed by atoms with Crippen molar-refractivity contribution < 1.29 is 0 Å². The van der Waals surface area contributed by atoms with E-state index in [-0.39, 0.29) is 12.4 Å². The molecule has 0 atom stereocenters. The van der Waals surface area contributed by atoms with Gasteiger partial charge in [-0.1, -0.05) is 11.8 Å². The molecule has 1 N–H and O–H groups in total. The fraction of sp³-hybridized carbons (Fsp3) is 0.800. The van der Waals surface area contributed by atoms with Crippen molar-refractivity contribution >= 4 is 35.9 Å². The molecule has 1 aliphatic rings. The number of thioether (sulfide) groups is 2. The van der Waals surface area contributed by atoms with Gasteiger partial charge in [0.25, 0.3) is 0 Å². The molecule has 7 heteroatoms. The van der Waals surface area contributed by atoms with Crippen LogP contribution in [0.4, 0.5) is 0 Å². The molecular formula is C10H19ClN4S2. The smallest absolute Gasteiger partial charge is 0.191 e. The molecule has 98 valence electrons. The first-order valence-electron chi connectivity index (χ1n) is 5.58. The summed E-state index contributed by atoms with van der Waals surface area (Å²) < 4.78 is 2.10. The van der Waals surface area contributed by atoms with Crippen LogP contribution >= 0.6 is 35.9 Å². The Hall–Kier alpha value is 0.0900. The van der Waals surface area contributed by atoms with Gasteiger partial charge in [-0.2, -0.15) is 11.8 Å². The normalized spacial score (nSPS) is 16.8. The lowest BCUT2D eigenvalue weighted by Gasteiger charge is -2.19. The topological polar surface area (TPSA) is 42.7 Å². The molecule has 17 heavy (non-hydrogen) atoms. The zero-order chi connectivity index (χ0) is 11.4. The maximum Gasteiger partial charge on any atom is 0.191 e. The highest BCUT2D eigenvalue weighted by Crippen LogP contribution is 2.31. The first-order chi connectivity index (χ1) is 7.81. The number of halogens is 1. The van der Waals surface area contributed by atoms with Crippen molar-refractivity contribution in [1.29, 1.82) is 0 Å². The van der Waals surface area contributed by atoms with Crippen molar-refractivity contribution in [2.75, 3.05) is 18.6 Å². The highest BCUT2D eigenvalue weighted by atomic mass is 35.5. The van der Waals surface area contributed by atoms with Gasteiger partial charge in [0, 0.05) is 12.3 Å². The first kappa shape index (κ1) is 15.1. The number of rotatable bonds is 4. The van der Waals surface area contributed by atoms with E-state index in [1.54, 1.807) is 0 Å². The summed E-state index contributed by atoms with van der Waals surface area (Å²) in [5.74, 6) is 3.59. The maximum atomic E-state index is 4.26. The summed E-state index contributed by atoms with van der Waals surface area (Å²) in [6, 6.07) is 0. The van der Waals surface area contributed by atoms with Crippen LogP contribution in [0.3, 0.4) is 0 Å². The van der Waals surface area contributed by atoms with Crippen LogP contribution in [-0.2, 0) is 13.6 Å². The van der Waals surface area contributed by atoms with Gasteiger partial charge in [0.05, 0.1) is 6.54 Å². The molecule has 4 nitrogen and oxygen atoms in total. The van der Waals surface area contributed by atoms with Gasteiger partial charge in [-0.15, -0.1) is 22.6 Å². The molecule has 1 saturated heterocycles. The van der Waals surface area contributed by atoms with Crippen LogP contribution in [0.2, 0.25) is 0 Å². The van der Waals surface area contributed by atoms with Gasteiger partial charge in [0.15, 0.2) is 5.16 Å². The average Bonchev–Trinajstić information content (AvgIpc) is 2.64. The van der Waals surface area contributed by atoms with Crippen LogP contribution in [0, 0.1) is 0 Å². The number of hydrogen-bond donors (Lipinski definition) is 1. The van der Waals surface area contributed by atoms with Crippen LogP contribution in [0.15, 0.2) is 5.16 Å². The van der Waals surface area contributed by atoms with E-state index in [4.69, 9.17) is 0 Å². The lowest BCUT2D eigenvalue weighted by Crippen LogP contribution is -2.13. The Balaban J connectivity index is 0.00000144. The lowest BCUT2D eigenvalue weighted by molar-refractivity contribution is 0.679. The van der Waals surface area contributed by atoms with Crippen molar-refractivity contribution in [2.45, 2.75) is 29.8 Å². The standard InChI is InChI=1S/C10H18N4S2.ClH/c1-11-7-9-12-13-10(14(9)2)16-8-3-5-15-6-4-8;/h8,11H,3-7H2,1-2H3;1H. The van der Waals surface area contributed by atoms with E-state index in [0.717, 1.165) is 22.8 Å². The molecule has 0 aliphatic carbocycles. The van der Waals surface area contributed by atoms with E-state index in [1.807, 2.05) is 25.9 Å². The third-order valence-electron chi connectivity index (χ3n) is 2.70. The zero-order valence-corrected chi connectivity index (χ0v) is 12.6. The summed E-state index contributed by atoms with van der Waals surface area (Å²) in [4.78, 5) is 0. The Labute approximate surface area is 117 Å². The fourth-order valence-corrected chi connectivity index (χ4v) is 4.23. The highest BCUT2D eigenvalue weighted by molar-refractivity contribution is 8.01. The van der Waals surface area contributed by atoms with Gasteiger partial charge < -0.3 is 9.88 Å². The molecule has 1 fully saturated rings. The molecule has 0 saturated carbocycles. The number of nitrogens with zero attached hydrogens (tertiary/aromatic N) is 3. The monoisotopic (exact) mass is 294 g/mol. The SMILES string of the molecule is CNCc1nnc(SC2CCSCC2)n1C.Cl. The third kappa shape index (κ3) is 4.05. The summed E-state index contributed by atoms with van der Waals surface area (Å²) in [5.41, 5.74) is 0. The van der Waals surface area contributed by atoms with E-state index in [2.05, 4.69) is 31.8 Å². The maximum absolute atomic E-state index is 4.26. The molecule has 1 aromatic rings. The molecule has 0 aromatic carbocycles. The predicted octanol–water partition coefficient (Wildman–Crippen LogP) is 1.94. The second-order valence-corrected chi connectivity index (χ2v) is 6.41. The van der Waals surface area contributed by atoms with E-state index in [0.29, 0.717) is 0 Å². The Morgan fingerprint density at radius 2 is 2.12 bits per heavy atom. The number of hydrogen-bond acceptors (Lipinski definition) is 5. The van der Waals surface area contributed by atoms with Gasteiger partial charge in [-0.25, -0.2) is 0 Å². The van der Waals surface area contributed by atoms with Crippen molar-refractivity contribution in [3.8, 4) is 0 Å². The molecule has 2 heterocycles. The second kappa shape index (κ2) is 7.51. The van der Waals surface area contributed by atoms with Crippen LogP contribution in [0.5, 0.6) is 0 Å². The number of aromatic nitrogens is 3. The molecule has 0 radical (unpaired) electrons. The van der Waals surface area contributed by atoms with E-state index >= 15 is 0 Å². The van der Waals surface area contributed by atoms with Crippen molar-refractivity contribution in [3.05, 3.63) is 5.82 Å². The molecule has 1 aliphatic heterocycles. The largest absolute Gasteiger partial charge is 0.313 e. The minimum Gasteiger partial charge on any atom is -0.313 e. The Bertz CT molecular complexity index is 339. The van der Waals surface area contributed by atoms with E-state index < -0.39 is 0 Å².